The highest BCUT2D eigenvalue weighted by Gasteiger charge is 2.33. The SMILES string of the molecule is CC(C)C(C)(C)C1C=C1. The maximum atomic E-state index is 2.34. The number of hydrogen-bond donors (Lipinski definition) is 0. The van der Waals surface area contributed by atoms with Crippen LogP contribution in [-0.4, -0.2) is 0 Å². The molecule has 0 saturated heterocycles. The Bertz CT molecular complexity index is 119. The van der Waals surface area contributed by atoms with E-state index in [-0.39, 0.29) is 0 Å². The Balaban J connectivity index is 2.50. The molecule has 0 heteroatoms. The Morgan fingerprint density at radius 3 is 1.78 bits per heavy atom. The molecule has 0 aromatic rings. The van der Waals surface area contributed by atoms with E-state index in [1.165, 1.54) is 0 Å². The van der Waals surface area contributed by atoms with E-state index in [2.05, 4.69) is 39.8 Å². The molecule has 1 aliphatic carbocycles. The summed E-state index contributed by atoms with van der Waals surface area (Å²) < 4.78 is 0. The van der Waals surface area contributed by atoms with Crippen LogP contribution in [0.1, 0.15) is 27.7 Å². The van der Waals surface area contributed by atoms with Crippen LogP contribution in [0.3, 0.4) is 0 Å². The van der Waals surface area contributed by atoms with Gasteiger partial charge in [-0.2, -0.15) is 0 Å². The summed E-state index contributed by atoms with van der Waals surface area (Å²) >= 11 is 0. The molecule has 52 valence electrons. The van der Waals surface area contributed by atoms with Crippen LogP contribution < -0.4 is 0 Å². The van der Waals surface area contributed by atoms with Gasteiger partial charge >= 0.3 is 0 Å². The van der Waals surface area contributed by atoms with Gasteiger partial charge in [0, 0.05) is 5.92 Å². The van der Waals surface area contributed by atoms with Crippen LogP contribution in [0, 0.1) is 17.3 Å². The summed E-state index contributed by atoms with van der Waals surface area (Å²) in [5.74, 6) is 1.58. The van der Waals surface area contributed by atoms with Crippen LogP contribution in [0.2, 0.25) is 0 Å². The molecule has 0 nitrogen and oxygen atoms in total. The van der Waals surface area contributed by atoms with E-state index in [1.807, 2.05) is 0 Å². The van der Waals surface area contributed by atoms with Gasteiger partial charge in [0.2, 0.25) is 0 Å². The lowest BCUT2D eigenvalue weighted by atomic mass is 9.76. The molecule has 0 amide bonds. The molecule has 0 spiro atoms. The quantitative estimate of drug-likeness (QED) is 0.496. The van der Waals surface area contributed by atoms with Crippen LogP contribution >= 0.6 is 0 Å². The zero-order chi connectivity index (χ0) is 7.07. The van der Waals surface area contributed by atoms with Crippen molar-refractivity contribution in [1.82, 2.24) is 0 Å². The first kappa shape index (κ1) is 6.85. The van der Waals surface area contributed by atoms with Crippen LogP contribution in [0.25, 0.3) is 0 Å². The fraction of sp³-hybridized carbons (Fsp3) is 0.778. The van der Waals surface area contributed by atoms with E-state index >= 15 is 0 Å². The topological polar surface area (TPSA) is 0 Å². The lowest BCUT2D eigenvalue weighted by Crippen LogP contribution is -2.21. The molecule has 9 heavy (non-hydrogen) atoms. The van der Waals surface area contributed by atoms with Gasteiger partial charge in [-0.15, -0.1) is 0 Å². The number of allylic oxidation sites excluding steroid dienone is 2. The summed E-state index contributed by atoms with van der Waals surface area (Å²) in [6.07, 6.45) is 4.58. The monoisotopic (exact) mass is 124 g/mol. The molecule has 1 rings (SSSR count). The molecule has 0 atom stereocenters. The molecule has 0 aliphatic heterocycles. The highest BCUT2D eigenvalue weighted by molar-refractivity contribution is 5.18. The predicted octanol–water partition coefficient (Wildman–Crippen LogP) is 2.85. The fourth-order valence-electron chi connectivity index (χ4n) is 0.936. The predicted molar refractivity (Wildman–Crippen MR) is 41.2 cm³/mol. The number of rotatable bonds is 2. The Hall–Kier alpha value is -0.260. The van der Waals surface area contributed by atoms with Gasteiger partial charge in [0.1, 0.15) is 0 Å². The molecule has 0 bridgehead atoms. The van der Waals surface area contributed by atoms with Crippen molar-refractivity contribution >= 4 is 0 Å². The third-order valence-corrected chi connectivity index (χ3v) is 2.73. The van der Waals surface area contributed by atoms with Crippen molar-refractivity contribution in [2.24, 2.45) is 17.3 Å². The summed E-state index contributed by atoms with van der Waals surface area (Å²) in [7, 11) is 0. The van der Waals surface area contributed by atoms with Crippen LogP contribution in [-0.2, 0) is 0 Å². The summed E-state index contributed by atoms with van der Waals surface area (Å²) in [4.78, 5) is 0. The highest BCUT2D eigenvalue weighted by Crippen LogP contribution is 2.42. The second-order valence-corrected chi connectivity index (χ2v) is 3.89. The standard InChI is InChI=1S/C9H16/c1-7(2)9(3,4)8-5-6-8/h5-8H,1-4H3. The normalized spacial score (nSPS) is 19.2. The van der Waals surface area contributed by atoms with Crippen molar-refractivity contribution in [3.63, 3.8) is 0 Å². The summed E-state index contributed by atoms with van der Waals surface area (Å²) in [6, 6.07) is 0. The fourth-order valence-corrected chi connectivity index (χ4v) is 0.936. The Morgan fingerprint density at radius 1 is 1.22 bits per heavy atom. The Morgan fingerprint density at radius 2 is 1.67 bits per heavy atom. The minimum atomic E-state index is 0.500. The summed E-state index contributed by atoms with van der Waals surface area (Å²) in [6.45, 7) is 9.25. The maximum absolute atomic E-state index is 2.34. The van der Waals surface area contributed by atoms with Crippen molar-refractivity contribution in [2.45, 2.75) is 27.7 Å². The molecular weight excluding hydrogens is 108 g/mol. The zero-order valence-corrected chi connectivity index (χ0v) is 6.81. The van der Waals surface area contributed by atoms with Gasteiger partial charge in [-0.05, 0) is 11.3 Å². The van der Waals surface area contributed by atoms with Crippen molar-refractivity contribution in [1.29, 1.82) is 0 Å². The highest BCUT2D eigenvalue weighted by atomic mass is 14.4. The summed E-state index contributed by atoms with van der Waals surface area (Å²) in [5.41, 5.74) is 0.500. The Labute approximate surface area is 58.0 Å². The van der Waals surface area contributed by atoms with Gasteiger partial charge in [-0.1, -0.05) is 39.8 Å². The average Bonchev–Trinajstić information content (AvgIpc) is 2.42. The van der Waals surface area contributed by atoms with E-state index < -0.39 is 0 Å². The number of hydrogen-bond acceptors (Lipinski definition) is 0. The van der Waals surface area contributed by atoms with Crippen LogP contribution in [0.5, 0.6) is 0 Å². The van der Waals surface area contributed by atoms with Gasteiger partial charge in [0.25, 0.3) is 0 Å². The van der Waals surface area contributed by atoms with E-state index in [9.17, 15) is 0 Å². The molecule has 0 aromatic heterocycles. The minimum absolute atomic E-state index is 0.500. The smallest absolute Gasteiger partial charge is 0.0000637 e. The maximum Gasteiger partial charge on any atom is 0.0000637 e. The molecule has 0 radical (unpaired) electrons. The van der Waals surface area contributed by atoms with Gasteiger partial charge in [0.15, 0.2) is 0 Å². The molecule has 0 unspecified atom stereocenters. The van der Waals surface area contributed by atoms with Crippen molar-refractivity contribution < 1.29 is 0 Å². The van der Waals surface area contributed by atoms with Crippen LogP contribution in [0.4, 0.5) is 0 Å². The zero-order valence-electron chi connectivity index (χ0n) is 6.81. The van der Waals surface area contributed by atoms with Gasteiger partial charge in [0.05, 0.1) is 0 Å². The van der Waals surface area contributed by atoms with Crippen LogP contribution in [0.15, 0.2) is 12.2 Å². The molecule has 0 N–H and O–H groups in total. The lowest BCUT2D eigenvalue weighted by molar-refractivity contribution is 0.223. The van der Waals surface area contributed by atoms with E-state index in [0.717, 1.165) is 11.8 Å². The third-order valence-electron chi connectivity index (χ3n) is 2.73. The first-order chi connectivity index (χ1) is 4.05. The van der Waals surface area contributed by atoms with Crippen molar-refractivity contribution in [3.8, 4) is 0 Å². The molecule has 0 aromatic carbocycles. The molecule has 0 fully saturated rings. The molecule has 0 heterocycles. The summed E-state index contributed by atoms with van der Waals surface area (Å²) in [5, 5.41) is 0. The average molecular weight is 124 g/mol. The van der Waals surface area contributed by atoms with E-state index in [1.54, 1.807) is 0 Å². The van der Waals surface area contributed by atoms with Gasteiger partial charge in [-0.25, -0.2) is 0 Å². The third kappa shape index (κ3) is 1.17. The van der Waals surface area contributed by atoms with Gasteiger partial charge in [-0.3, -0.25) is 0 Å². The van der Waals surface area contributed by atoms with Crippen molar-refractivity contribution in [3.05, 3.63) is 12.2 Å². The molecular formula is C9H16. The van der Waals surface area contributed by atoms with Gasteiger partial charge < -0.3 is 0 Å². The van der Waals surface area contributed by atoms with Crippen molar-refractivity contribution in [2.75, 3.05) is 0 Å². The molecule has 1 aliphatic rings. The first-order valence-corrected chi connectivity index (χ1v) is 3.73. The second-order valence-electron chi connectivity index (χ2n) is 3.89. The van der Waals surface area contributed by atoms with E-state index in [4.69, 9.17) is 0 Å². The molecule has 0 saturated carbocycles. The first-order valence-electron chi connectivity index (χ1n) is 3.73. The lowest BCUT2D eigenvalue weighted by Gasteiger charge is -2.29. The second kappa shape index (κ2) is 1.86. The van der Waals surface area contributed by atoms with E-state index in [0.29, 0.717) is 5.41 Å². The minimum Gasteiger partial charge on any atom is -0.0805 e. The largest absolute Gasteiger partial charge is 0.0805 e. The Kier molecular flexibility index (Phi) is 1.42.